The Kier molecular flexibility index (Phi) is 2.19. The van der Waals surface area contributed by atoms with Gasteiger partial charge in [0.15, 0.2) is 16.6 Å². The van der Waals surface area contributed by atoms with Gasteiger partial charge in [0, 0.05) is 36.2 Å². The zero-order chi connectivity index (χ0) is 10.8. The molecule has 0 amide bonds. The van der Waals surface area contributed by atoms with Crippen LogP contribution in [0.25, 0.3) is 16.6 Å². The predicted molar refractivity (Wildman–Crippen MR) is 60.3 cm³/mol. The largest absolute Gasteiger partial charge is 0.241 e. The number of hydrogen-bond acceptors (Lipinski definition) is 5. The highest BCUT2D eigenvalue weighted by Crippen LogP contribution is 2.17. The minimum Gasteiger partial charge on any atom is -0.241 e. The first-order chi connectivity index (χ1) is 7.93. The van der Waals surface area contributed by atoms with Gasteiger partial charge < -0.3 is 0 Å². The maximum absolute atomic E-state index is 4.39. The molecule has 0 bridgehead atoms. The van der Waals surface area contributed by atoms with Gasteiger partial charge in [-0.25, -0.2) is 19.6 Å². The first-order valence-electron chi connectivity index (χ1n) is 4.66. The van der Waals surface area contributed by atoms with E-state index in [1.54, 1.807) is 23.3 Å². The molecule has 0 aliphatic carbocycles. The van der Waals surface area contributed by atoms with Gasteiger partial charge in [0.05, 0.1) is 0 Å². The normalized spacial score (nSPS) is 10.5. The van der Waals surface area contributed by atoms with Gasteiger partial charge in [0.1, 0.15) is 0 Å². The average molecular weight is 229 g/mol. The molecule has 0 saturated carbocycles. The summed E-state index contributed by atoms with van der Waals surface area (Å²) < 4.78 is 1.69. The van der Waals surface area contributed by atoms with Crippen LogP contribution >= 0.6 is 11.3 Å². The molecule has 6 heteroatoms. The molecule has 0 fully saturated rings. The third-order valence-corrected chi connectivity index (χ3v) is 2.77. The highest BCUT2D eigenvalue weighted by Gasteiger charge is 2.05. The molecular weight excluding hydrogens is 222 g/mol. The molecule has 0 saturated heterocycles. The van der Waals surface area contributed by atoms with Gasteiger partial charge in [0.25, 0.3) is 0 Å². The number of thiazole rings is 1. The van der Waals surface area contributed by atoms with Crippen LogP contribution < -0.4 is 0 Å². The number of hydrogen-bond donors (Lipinski definition) is 0. The molecule has 3 aromatic heterocycles. The van der Waals surface area contributed by atoms with E-state index in [1.165, 1.54) is 11.3 Å². The number of rotatable bonds is 2. The van der Waals surface area contributed by atoms with E-state index in [4.69, 9.17) is 0 Å². The molecule has 0 aromatic carbocycles. The third kappa shape index (κ3) is 1.59. The summed E-state index contributed by atoms with van der Waals surface area (Å²) in [7, 11) is 0. The lowest BCUT2D eigenvalue weighted by Gasteiger charge is -2.00. The highest BCUT2D eigenvalue weighted by molar-refractivity contribution is 7.12. The Bertz CT molecular complexity index is 524. The van der Waals surface area contributed by atoms with Crippen molar-refractivity contribution in [3.8, 4) is 16.6 Å². The molecular formula is C10H7N5S. The Labute approximate surface area is 95.5 Å². The first-order valence-corrected chi connectivity index (χ1v) is 5.54. The van der Waals surface area contributed by atoms with E-state index in [0.717, 1.165) is 10.8 Å². The van der Waals surface area contributed by atoms with Gasteiger partial charge in [-0.2, -0.15) is 5.10 Å². The van der Waals surface area contributed by atoms with Crippen molar-refractivity contribution in [2.45, 2.75) is 0 Å². The summed E-state index contributed by atoms with van der Waals surface area (Å²) in [6, 6.07) is 3.66. The van der Waals surface area contributed by atoms with Gasteiger partial charge >= 0.3 is 0 Å². The Morgan fingerprint density at radius 1 is 1.12 bits per heavy atom. The molecule has 0 N–H and O–H groups in total. The van der Waals surface area contributed by atoms with E-state index >= 15 is 0 Å². The Morgan fingerprint density at radius 2 is 2.12 bits per heavy atom. The summed E-state index contributed by atoms with van der Waals surface area (Å²) in [4.78, 5) is 12.8. The summed E-state index contributed by atoms with van der Waals surface area (Å²) in [5.41, 5.74) is 0. The van der Waals surface area contributed by atoms with Crippen LogP contribution in [0, 0.1) is 0 Å². The molecule has 78 valence electrons. The van der Waals surface area contributed by atoms with Crippen molar-refractivity contribution >= 4 is 11.3 Å². The van der Waals surface area contributed by atoms with Crippen molar-refractivity contribution in [2.75, 3.05) is 0 Å². The molecule has 0 spiro atoms. The van der Waals surface area contributed by atoms with Crippen molar-refractivity contribution in [2.24, 2.45) is 0 Å². The van der Waals surface area contributed by atoms with Crippen LogP contribution in [0.4, 0.5) is 0 Å². The smallest absolute Gasteiger partial charge is 0.190 e. The topological polar surface area (TPSA) is 56.5 Å². The fourth-order valence-electron chi connectivity index (χ4n) is 1.32. The fraction of sp³-hybridized carbons (Fsp3) is 0. The minimum absolute atomic E-state index is 0.628. The minimum atomic E-state index is 0.628. The molecule has 0 aliphatic rings. The van der Waals surface area contributed by atoms with Gasteiger partial charge in [-0.15, -0.1) is 11.3 Å². The van der Waals surface area contributed by atoms with E-state index in [0.29, 0.717) is 5.82 Å². The summed E-state index contributed by atoms with van der Waals surface area (Å²) in [6.45, 7) is 0. The number of nitrogens with zero attached hydrogens (tertiary/aromatic N) is 5. The molecule has 16 heavy (non-hydrogen) atoms. The lowest BCUT2D eigenvalue weighted by atomic mass is 10.5. The molecule has 0 aliphatic heterocycles. The van der Waals surface area contributed by atoms with Crippen LogP contribution in [-0.4, -0.2) is 24.7 Å². The summed E-state index contributed by atoms with van der Waals surface area (Å²) >= 11 is 1.52. The fourth-order valence-corrected chi connectivity index (χ4v) is 1.89. The quantitative estimate of drug-likeness (QED) is 0.672. The SMILES string of the molecule is c1cnn(-c2ccnc(-c3nccs3)n2)c1. The average Bonchev–Trinajstić information content (AvgIpc) is 3.03. The van der Waals surface area contributed by atoms with Crippen molar-refractivity contribution < 1.29 is 0 Å². The van der Waals surface area contributed by atoms with Crippen molar-refractivity contribution in [1.29, 1.82) is 0 Å². The Balaban J connectivity index is 2.07. The van der Waals surface area contributed by atoms with Crippen LogP contribution in [0.15, 0.2) is 42.3 Å². The van der Waals surface area contributed by atoms with E-state index in [2.05, 4.69) is 20.1 Å². The monoisotopic (exact) mass is 229 g/mol. The van der Waals surface area contributed by atoms with Gasteiger partial charge in [-0.05, 0) is 6.07 Å². The van der Waals surface area contributed by atoms with Crippen LogP contribution in [0.3, 0.4) is 0 Å². The lowest BCUT2D eigenvalue weighted by molar-refractivity contribution is 0.841. The highest BCUT2D eigenvalue weighted by atomic mass is 32.1. The predicted octanol–water partition coefficient (Wildman–Crippen LogP) is 1.79. The summed E-state index contributed by atoms with van der Waals surface area (Å²) in [5, 5.41) is 6.83. The van der Waals surface area contributed by atoms with Crippen LogP contribution in [-0.2, 0) is 0 Å². The van der Waals surface area contributed by atoms with Gasteiger partial charge in [-0.1, -0.05) is 0 Å². The van der Waals surface area contributed by atoms with Gasteiger partial charge in [0.2, 0.25) is 0 Å². The van der Waals surface area contributed by atoms with E-state index < -0.39 is 0 Å². The zero-order valence-electron chi connectivity index (χ0n) is 8.19. The van der Waals surface area contributed by atoms with Gasteiger partial charge in [-0.3, -0.25) is 0 Å². The third-order valence-electron chi connectivity index (χ3n) is 2.00. The molecule has 0 unspecified atom stereocenters. The van der Waals surface area contributed by atoms with E-state index in [-0.39, 0.29) is 0 Å². The van der Waals surface area contributed by atoms with E-state index in [9.17, 15) is 0 Å². The first kappa shape index (κ1) is 9.17. The van der Waals surface area contributed by atoms with Crippen molar-refractivity contribution in [1.82, 2.24) is 24.7 Å². The van der Waals surface area contributed by atoms with Crippen LogP contribution in [0.1, 0.15) is 0 Å². The molecule has 0 radical (unpaired) electrons. The molecule has 5 nitrogen and oxygen atoms in total. The van der Waals surface area contributed by atoms with Crippen LogP contribution in [0.2, 0.25) is 0 Å². The lowest BCUT2D eigenvalue weighted by Crippen LogP contribution is -1.99. The molecule has 3 rings (SSSR count). The standard InChI is InChI=1S/C10H7N5S/c1-3-13-15(6-1)8-2-4-11-9(14-8)10-12-5-7-16-10/h1-7H. The second kappa shape index (κ2) is 3.82. The maximum atomic E-state index is 4.39. The molecule has 3 aromatic rings. The zero-order valence-corrected chi connectivity index (χ0v) is 9.00. The maximum Gasteiger partial charge on any atom is 0.190 e. The molecule has 0 atom stereocenters. The second-order valence-electron chi connectivity index (χ2n) is 3.03. The molecule has 3 heterocycles. The van der Waals surface area contributed by atoms with Crippen LogP contribution in [0.5, 0.6) is 0 Å². The van der Waals surface area contributed by atoms with Crippen molar-refractivity contribution in [3.63, 3.8) is 0 Å². The van der Waals surface area contributed by atoms with E-state index in [1.807, 2.05) is 23.7 Å². The Morgan fingerprint density at radius 3 is 2.88 bits per heavy atom. The van der Waals surface area contributed by atoms with Crippen molar-refractivity contribution in [3.05, 3.63) is 42.3 Å². The summed E-state index contributed by atoms with van der Waals surface area (Å²) in [5.74, 6) is 1.37. The summed E-state index contributed by atoms with van der Waals surface area (Å²) in [6.07, 6.45) is 7.00. The number of aromatic nitrogens is 5. The Hall–Kier alpha value is -2.08. The second-order valence-corrected chi connectivity index (χ2v) is 3.92.